The lowest BCUT2D eigenvalue weighted by Crippen LogP contribution is -2.04. The molecule has 3 heterocycles. The maximum absolute atomic E-state index is 7.06. The average molecular weight is 956 g/mol. The molecule has 1 unspecified atom stereocenters. The number of furan rings is 2. The minimum atomic E-state index is 0.0359. The van der Waals surface area contributed by atoms with Gasteiger partial charge in [-0.25, -0.2) is 0 Å². The molecule has 3 heteroatoms. The molecule has 0 N–H and O–H groups in total. The highest BCUT2D eigenvalue weighted by Gasteiger charge is 2.28. The van der Waals surface area contributed by atoms with Crippen LogP contribution < -0.4 is 0 Å². The largest absolute Gasteiger partial charge is 0.459 e. The number of fused-ring (bicyclic) bond motifs is 15. The summed E-state index contributed by atoms with van der Waals surface area (Å²) in [6.07, 6.45) is 5.43. The summed E-state index contributed by atoms with van der Waals surface area (Å²) in [4.78, 5) is 0. The second-order valence-electron chi connectivity index (χ2n) is 20.2. The Morgan fingerprint density at radius 2 is 0.800 bits per heavy atom. The van der Waals surface area contributed by atoms with Gasteiger partial charge in [-0.05, 0) is 102 Å². The minimum absolute atomic E-state index is 0.0359. The lowest BCUT2D eigenvalue weighted by molar-refractivity contribution is 0.517. The standard InChI is InChI=1S/C72H45NO2/c1-3-16-44(17-4-1)51-26-12-30-62-64-32-14-28-53(71(64)74-69(51)62)48-35-38-60-61-39-36-49(54-29-15-33-65-63-31-13-27-52(70(63)75-72(54)65)45-18-5-2-6-19-45)43-68(61)73(67(60)42-48)50-21-11-20-46(40-50)47-34-37-59-57-24-8-7-22-55(57)56-23-9-10-25-58(56)66(59)41-47/h1-28,30-43,54H,29H2. The molecule has 0 saturated carbocycles. The lowest BCUT2D eigenvalue weighted by Gasteiger charge is -2.19. The highest BCUT2D eigenvalue weighted by molar-refractivity contribution is 6.26. The van der Waals surface area contributed by atoms with E-state index in [9.17, 15) is 0 Å². The van der Waals surface area contributed by atoms with Crippen molar-refractivity contribution in [3.05, 3.63) is 266 Å². The summed E-state index contributed by atoms with van der Waals surface area (Å²) in [7, 11) is 0. The van der Waals surface area contributed by atoms with Crippen molar-refractivity contribution in [1.29, 1.82) is 0 Å². The highest BCUT2D eigenvalue weighted by Crippen LogP contribution is 2.47. The van der Waals surface area contributed by atoms with Crippen molar-refractivity contribution in [2.75, 3.05) is 0 Å². The van der Waals surface area contributed by atoms with Crippen molar-refractivity contribution in [3.8, 4) is 50.2 Å². The monoisotopic (exact) mass is 955 g/mol. The van der Waals surface area contributed by atoms with Crippen LogP contribution in [0.2, 0.25) is 0 Å². The van der Waals surface area contributed by atoms with E-state index in [4.69, 9.17) is 8.83 Å². The first kappa shape index (κ1) is 41.9. The molecule has 0 aliphatic heterocycles. The number of allylic oxidation sites excluding steroid dienone is 1. The van der Waals surface area contributed by atoms with E-state index in [2.05, 4.69) is 259 Å². The zero-order valence-electron chi connectivity index (χ0n) is 40.8. The smallest absolute Gasteiger partial charge is 0.143 e. The summed E-state index contributed by atoms with van der Waals surface area (Å²) in [5, 5.41) is 13.4. The summed E-state index contributed by atoms with van der Waals surface area (Å²) >= 11 is 0. The van der Waals surface area contributed by atoms with Crippen LogP contribution in [0, 0.1) is 0 Å². The molecule has 15 aromatic rings. The van der Waals surface area contributed by atoms with Gasteiger partial charge < -0.3 is 13.4 Å². The molecular weight excluding hydrogens is 911 g/mol. The molecule has 75 heavy (non-hydrogen) atoms. The normalized spacial score (nSPS) is 13.6. The van der Waals surface area contributed by atoms with Crippen LogP contribution in [-0.2, 0) is 0 Å². The van der Waals surface area contributed by atoms with Gasteiger partial charge in [0.05, 0.1) is 11.0 Å². The molecule has 0 radical (unpaired) electrons. The Hall–Kier alpha value is -9.70. The fraction of sp³-hybridized carbons (Fsp3) is 0.0278. The first-order valence-electron chi connectivity index (χ1n) is 26.0. The quantitative estimate of drug-likeness (QED) is 0.156. The van der Waals surface area contributed by atoms with Gasteiger partial charge in [0.15, 0.2) is 0 Å². The molecule has 3 aromatic heterocycles. The van der Waals surface area contributed by atoms with E-state index < -0.39 is 0 Å². The topological polar surface area (TPSA) is 31.2 Å². The second kappa shape index (κ2) is 16.4. The predicted molar refractivity (Wildman–Crippen MR) is 314 cm³/mol. The fourth-order valence-electron chi connectivity index (χ4n) is 12.7. The number of nitrogens with zero attached hydrogens (tertiary/aromatic N) is 1. The molecule has 1 atom stereocenters. The first-order valence-corrected chi connectivity index (χ1v) is 26.0. The number of para-hydroxylation sites is 3. The molecule has 0 fully saturated rings. The van der Waals surface area contributed by atoms with Crippen LogP contribution in [0.5, 0.6) is 0 Å². The summed E-state index contributed by atoms with van der Waals surface area (Å²) in [5.41, 5.74) is 17.5. The molecular formula is C72H45NO2. The summed E-state index contributed by atoms with van der Waals surface area (Å²) in [6.45, 7) is 0. The third-order valence-electron chi connectivity index (χ3n) is 16.1. The summed E-state index contributed by atoms with van der Waals surface area (Å²) < 4.78 is 16.6. The molecule has 1 aliphatic rings. The summed E-state index contributed by atoms with van der Waals surface area (Å²) in [6, 6.07) is 88.5. The van der Waals surface area contributed by atoms with Crippen LogP contribution in [0.25, 0.3) is 143 Å². The van der Waals surface area contributed by atoms with Crippen LogP contribution >= 0.6 is 0 Å². The van der Waals surface area contributed by atoms with E-state index in [1.54, 1.807) is 0 Å². The molecule has 1 aliphatic carbocycles. The Kier molecular flexibility index (Phi) is 9.16. The molecule has 0 saturated heterocycles. The SMILES string of the molecule is C1=Cc2c(oc3c(-c4ccccc4)cccc23)C(c2ccc3c4ccc(-c5cccc6c5oc5c(-c7ccccc7)cccc56)cc4n(-c4cccc(-c5ccc6c7ccccc7c7ccccc7c6c5)c4)c3c2)C1. The van der Waals surface area contributed by atoms with Gasteiger partial charge in [0.25, 0.3) is 0 Å². The van der Waals surface area contributed by atoms with Crippen molar-refractivity contribution in [2.45, 2.75) is 12.3 Å². The third kappa shape index (κ3) is 6.41. The van der Waals surface area contributed by atoms with Crippen molar-refractivity contribution < 1.29 is 8.83 Å². The van der Waals surface area contributed by atoms with Gasteiger partial charge >= 0.3 is 0 Å². The Morgan fingerprint density at radius 1 is 0.320 bits per heavy atom. The van der Waals surface area contributed by atoms with Gasteiger partial charge in [0.2, 0.25) is 0 Å². The Balaban J connectivity index is 0.901. The second-order valence-corrected chi connectivity index (χ2v) is 20.2. The van der Waals surface area contributed by atoms with Crippen molar-refractivity contribution in [3.63, 3.8) is 0 Å². The average Bonchev–Trinajstić information content (AvgIpc) is 4.21. The van der Waals surface area contributed by atoms with Crippen LogP contribution in [0.1, 0.15) is 29.2 Å². The molecule has 0 bridgehead atoms. The third-order valence-corrected chi connectivity index (χ3v) is 16.1. The van der Waals surface area contributed by atoms with Crippen molar-refractivity contribution in [2.24, 2.45) is 0 Å². The Labute approximate surface area is 432 Å². The Morgan fingerprint density at radius 3 is 1.47 bits per heavy atom. The van der Waals surface area contributed by atoms with Gasteiger partial charge in [-0.3, -0.25) is 0 Å². The highest BCUT2D eigenvalue weighted by atomic mass is 16.3. The van der Waals surface area contributed by atoms with E-state index in [1.165, 1.54) is 59.8 Å². The number of hydrogen-bond donors (Lipinski definition) is 0. The maximum Gasteiger partial charge on any atom is 0.143 e. The van der Waals surface area contributed by atoms with E-state index in [0.29, 0.717) is 0 Å². The number of benzene rings is 12. The van der Waals surface area contributed by atoms with Crippen molar-refractivity contribution >= 4 is 93.1 Å². The molecule has 350 valence electrons. The minimum Gasteiger partial charge on any atom is -0.459 e. The molecule has 16 rings (SSSR count). The van der Waals surface area contributed by atoms with Crippen LogP contribution in [0.3, 0.4) is 0 Å². The molecule has 3 nitrogen and oxygen atoms in total. The zero-order valence-corrected chi connectivity index (χ0v) is 40.8. The van der Waals surface area contributed by atoms with Crippen molar-refractivity contribution in [1.82, 2.24) is 4.57 Å². The van der Waals surface area contributed by atoms with Gasteiger partial charge in [-0.1, -0.05) is 224 Å². The Bertz CT molecular complexity index is 4820. The van der Waals surface area contributed by atoms with E-state index >= 15 is 0 Å². The number of rotatable bonds is 6. The van der Waals surface area contributed by atoms with Crippen LogP contribution in [0.4, 0.5) is 0 Å². The fourth-order valence-corrected chi connectivity index (χ4v) is 12.7. The summed E-state index contributed by atoms with van der Waals surface area (Å²) in [5.74, 6) is 1.06. The van der Waals surface area contributed by atoms with Crippen LogP contribution in [0.15, 0.2) is 258 Å². The van der Waals surface area contributed by atoms with E-state index in [0.717, 1.165) is 101 Å². The van der Waals surface area contributed by atoms with Gasteiger partial charge in [-0.15, -0.1) is 0 Å². The van der Waals surface area contributed by atoms with Crippen LogP contribution in [-0.4, -0.2) is 4.57 Å². The predicted octanol–water partition coefficient (Wildman–Crippen LogP) is 20.1. The van der Waals surface area contributed by atoms with Gasteiger partial charge in [0.1, 0.15) is 22.5 Å². The molecule has 12 aromatic carbocycles. The van der Waals surface area contributed by atoms with Gasteiger partial charge in [-0.2, -0.15) is 0 Å². The first-order chi connectivity index (χ1) is 37.2. The molecule has 0 amide bonds. The zero-order chi connectivity index (χ0) is 49.1. The number of hydrogen-bond acceptors (Lipinski definition) is 2. The number of aromatic nitrogens is 1. The van der Waals surface area contributed by atoms with E-state index in [1.807, 2.05) is 0 Å². The van der Waals surface area contributed by atoms with E-state index in [-0.39, 0.29) is 5.92 Å². The molecule has 0 spiro atoms. The maximum atomic E-state index is 7.06. The van der Waals surface area contributed by atoms with Gasteiger partial charge in [0, 0.05) is 60.8 Å². The lowest BCUT2D eigenvalue weighted by atomic mass is 9.86.